The lowest BCUT2D eigenvalue weighted by atomic mass is 9.91. The zero-order valence-corrected chi connectivity index (χ0v) is 20.0. The summed E-state index contributed by atoms with van der Waals surface area (Å²) in [7, 11) is 1.58. The topological polar surface area (TPSA) is 131 Å². The summed E-state index contributed by atoms with van der Waals surface area (Å²) >= 11 is 0. The quantitative estimate of drug-likeness (QED) is 0.456. The number of carbonyl (C=O) groups is 2. The first-order chi connectivity index (χ1) is 17.0. The summed E-state index contributed by atoms with van der Waals surface area (Å²) in [4.78, 5) is 28.2. The van der Waals surface area contributed by atoms with E-state index < -0.39 is 23.5 Å². The van der Waals surface area contributed by atoms with Crippen molar-refractivity contribution >= 4 is 24.2 Å². The Bertz CT molecular complexity index is 1240. The molecular formula is C23H23ClF2N6O4. The van der Waals surface area contributed by atoms with Gasteiger partial charge in [0.2, 0.25) is 17.6 Å². The van der Waals surface area contributed by atoms with E-state index in [4.69, 9.17) is 9.26 Å². The number of fused-ring (bicyclic) bond motifs is 1. The lowest BCUT2D eigenvalue weighted by molar-refractivity contribution is -0.121. The van der Waals surface area contributed by atoms with Gasteiger partial charge in [-0.25, -0.2) is 8.78 Å². The van der Waals surface area contributed by atoms with Crippen LogP contribution in [0.4, 0.5) is 8.78 Å². The first kappa shape index (κ1) is 26.7. The van der Waals surface area contributed by atoms with Crippen molar-refractivity contribution in [2.24, 2.45) is 16.1 Å². The number of rotatable bonds is 10. The number of carbonyl (C=O) groups excluding carboxylic acids is 2. The van der Waals surface area contributed by atoms with Crippen LogP contribution >= 0.6 is 12.4 Å². The van der Waals surface area contributed by atoms with E-state index in [2.05, 4.69) is 31.0 Å². The maximum absolute atomic E-state index is 14.2. The predicted molar refractivity (Wildman–Crippen MR) is 126 cm³/mol. The van der Waals surface area contributed by atoms with Gasteiger partial charge in [-0.3, -0.25) is 9.59 Å². The van der Waals surface area contributed by atoms with E-state index in [1.165, 1.54) is 0 Å². The van der Waals surface area contributed by atoms with Crippen LogP contribution in [0.25, 0.3) is 11.4 Å². The fourth-order valence-corrected chi connectivity index (χ4v) is 3.49. The number of hydrogen-bond acceptors (Lipinski definition) is 8. The number of azo groups is 1. The van der Waals surface area contributed by atoms with Gasteiger partial charge in [0.1, 0.15) is 23.3 Å². The summed E-state index contributed by atoms with van der Waals surface area (Å²) < 4.78 is 38.5. The van der Waals surface area contributed by atoms with E-state index in [0.717, 1.165) is 17.7 Å². The second kappa shape index (κ2) is 12.2. The van der Waals surface area contributed by atoms with Crippen molar-refractivity contribution in [3.8, 4) is 17.1 Å². The third-order valence-electron chi connectivity index (χ3n) is 5.31. The highest BCUT2D eigenvalue weighted by atomic mass is 35.5. The highest BCUT2D eigenvalue weighted by Crippen LogP contribution is 2.37. The van der Waals surface area contributed by atoms with Gasteiger partial charge in [-0.1, -0.05) is 5.16 Å². The molecule has 2 amide bonds. The second-order valence-corrected chi connectivity index (χ2v) is 7.67. The summed E-state index contributed by atoms with van der Waals surface area (Å²) in [5.74, 6) is -2.50. The van der Waals surface area contributed by atoms with Crippen molar-refractivity contribution in [3.63, 3.8) is 0 Å². The van der Waals surface area contributed by atoms with Gasteiger partial charge < -0.3 is 19.9 Å². The number of amides is 2. The number of halogens is 3. The van der Waals surface area contributed by atoms with E-state index in [1.54, 1.807) is 19.2 Å². The first-order valence-electron chi connectivity index (χ1n) is 10.9. The van der Waals surface area contributed by atoms with Crippen molar-refractivity contribution < 1.29 is 27.6 Å². The molecule has 2 aliphatic rings. The molecule has 2 N–H and O–H groups in total. The standard InChI is InChI=1S/C23H22F2N6O4.ClH/c1-34-14-5-3-13(4-6-14)21-28-18(35-31-21)10-9-17(32)26-11-2-12-27-22-19-15(24)7-8-16(25)20(19)23(33)30-29-22;/h3-8,20,27H,2,9-12H2,1H3,(H,26,32);1H. The van der Waals surface area contributed by atoms with Crippen LogP contribution in [0.15, 0.2) is 74.2 Å². The van der Waals surface area contributed by atoms with Gasteiger partial charge in [0.25, 0.3) is 5.91 Å². The Hall–Kier alpha value is -3.93. The van der Waals surface area contributed by atoms with E-state index >= 15 is 0 Å². The SMILES string of the molecule is COc1ccc(-c2noc(CCC(=O)NCCCNC3=C4C(F)=CC=C(F)C4C(=O)N=N3)n2)cc1.Cl. The molecule has 0 bridgehead atoms. The van der Waals surface area contributed by atoms with Crippen molar-refractivity contribution in [3.05, 3.63) is 65.4 Å². The Morgan fingerprint density at radius 1 is 1.14 bits per heavy atom. The van der Waals surface area contributed by atoms with Gasteiger partial charge in [0.05, 0.1) is 12.7 Å². The minimum Gasteiger partial charge on any atom is -0.497 e. The van der Waals surface area contributed by atoms with Gasteiger partial charge >= 0.3 is 0 Å². The number of methoxy groups -OCH3 is 1. The molecule has 1 aliphatic carbocycles. The molecule has 36 heavy (non-hydrogen) atoms. The Morgan fingerprint density at radius 2 is 1.92 bits per heavy atom. The molecule has 1 aromatic carbocycles. The molecule has 0 fully saturated rings. The largest absolute Gasteiger partial charge is 0.497 e. The lowest BCUT2D eigenvalue weighted by Gasteiger charge is -2.22. The zero-order valence-electron chi connectivity index (χ0n) is 19.2. The van der Waals surface area contributed by atoms with Crippen LogP contribution in [0.1, 0.15) is 18.7 Å². The molecule has 2 aromatic rings. The summed E-state index contributed by atoms with van der Waals surface area (Å²) in [6.45, 7) is 0.633. The van der Waals surface area contributed by atoms with Gasteiger partial charge in [0, 0.05) is 31.5 Å². The summed E-state index contributed by atoms with van der Waals surface area (Å²) in [5, 5.41) is 16.6. The Kier molecular flexibility index (Phi) is 9.01. The molecule has 1 unspecified atom stereocenters. The molecule has 0 saturated heterocycles. The van der Waals surface area contributed by atoms with Crippen LogP contribution in [0.3, 0.4) is 0 Å². The molecule has 1 aromatic heterocycles. The highest BCUT2D eigenvalue weighted by molar-refractivity contribution is 5.87. The third-order valence-corrected chi connectivity index (χ3v) is 5.31. The van der Waals surface area contributed by atoms with Crippen LogP contribution in [0.5, 0.6) is 5.75 Å². The summed E-state index contributed by atoms with van der Waals surface area (Å²) in [6.07, 6.45) is 2.77. The van der Waals surface area contributed by atoms with E-state index in [-0.39, 0.29) is 42.5 Å². The zero-order chi connectivity index (χ0) is 24.8. The average Bonchev–Trinajstić information content (AvgIpc) is 3.35. The molecule has 1 aliphatic heterocycles. The Balaban J connectivity index is 0.00000361. The van der Waals surface area contributed by atoms with Crippen molar-refractivity contribution in [1.82, 2.24) is 20.8 Å². The van der Waals surface area contributed by atoms with E-state index in [9.17, 15) is 18.4 Å². The number of aryl methyl sites for hydroxylation is 1. The fraction of sp³-hybridized carbons (Fsp3) is 0.304. The normalized spacial score (nSPS) is 16.5. The van der Waals surface area contributed by atoms with Gasteiger partial charge in [-0.15, -0.1) is 22.6 Å². The van der Waals surface area contributed by atoms with Crippen molar-refractivity contribution in [2.75, 3.05) is 20.2 Å². The van der Waals surface area contributed by atoms with Crippen molar-refractivity contribution in [1.29, 1.82) is 0 Å². The van der Waals surface area contributed by atoms with Crippen LogP contribution in [0.2, 0.25) is 0 Å². The minimum absolute atomic E-state index is 0. The number of benzene rings is 1. The smallest absolute Gasteiger partial charge is 0.279 e. The minimum atomic E-state index is -1.41. The number of aromatic nitrogens is 2. The van der Waals surface area contributed by atoms with Crippen molar-refractivity contribution in [2.45, 2.75) is 19.3 Å². The first-order valence-corrected chi connectivity index (χ1v) is 10.9. The number of nitrogens with zero attached hydrogens (tertiary/aromatic N) is 4. The van der Waals surface area contributed by atoms with Gasteiger partial charge in [-0.2, -0.15) is 4.98 Å². The number of allylic oxidation sites excluding steroid dienone is 3. The number of hydrogen-bond donors (Lipinski definition) is 2. The molecule has 4 rings (SSSR count). The van der Waals surface area contributed by atoms with E-state index in [1.807, 2.05) is 12.1 Å². The molecule has 13 heteroatoms. The summed E-state index contributed by atoms with van der Waals surface area (Å²) in [6, 6.07) is 7.20. The molecule has 1 atom stereocenters. The van der Waals surface area contributed by atoms with Crippen LogP contribution < -0.4 is 15.4 Å². The fourth-order valence-electron chi connectivity index (χ4n) is 3.49. The predicted octanol–water partition coefficient (Wildman–Crippen LogP) is 3.74. The molecule has 0 saturated carbocycles. The molecule has 190 valence electrons. The van der Waals surface area contributed by atoms with Crippen LogP contribution in [0, 0.1) is 5.92 Å². The number of ether oxygens (including phenoxy) is 1. The highest BCUT2D eigenvalue weighted by Gasteiger charge is 2.37. The van der Waals surface area contributed by atoms with Gasteiger partial charge in [-0.05, 0) is 42.8 Å². The lowest BCUT2D eigenvalue weighted by Crippen LogP contribution is -2.30. The Labute approximate surface area is 211 Å². The monoisotopic (exact) mass is 520 g/mol. The molecule has 0 spiro atoms. The van der Waals surface area contributed by atoms with Crippen LogP contribution in [-0.4, -0.2) is 42.2 Å². The molecule has 2 heterocycles. The van der Waals surface area contributed by atoms with Gasteiger partial charge in [0.15, 0.2) is 5.82 Å². The summed E-state index contributed by atoms with van der Waals surface area (Å²) in [5.41, 5.74) is 0.604. The maximum atomic E-state index is 14.2. The second-order valence-electron chi connectivity index (χ2n) is 7.67. The molecule has 10 nitrogen and oxygen atoms in total. The number of nitrogens with one attached hydrogen (secondary N) is 2. The molecule has 0 radical (unpaired) electrons. The molecular weight excluding hydrogens is 498 g/mol. The van der Waals surface area contributed by atoms with E-state index in [0.29, 0.717) is 37.0 Å². The Morgan fingerprint density at radius 3 is 2.67 bits per heavy atom. The maximum Gasteiger partial charge on any atom is 0.279 e. The average molecular weight is 521 g/mol. The van der Waals surface area contributed by atoms with Crippen LogP contribution in [-0.2, 0) is 16.0 Å². The third kappa shape index (κ3) is 6.19.